The predicted octanol–water partition coefficient (Wildman–Crippen LogP) is 1.70. The molecule has 0 aliphatic rings. The maximum atomic E-state index is 5.87. The summed E-state index contributed by atoms with van der Waals surface area (Å²) in [5.41, 5.74) is 6.34. The first kappa shape index (κ1) is 12.5. The molecule has 16 heavy (non-hydrogen) atoms. The van der Waals surface area contributed by atoms with Crippen LogP contribution < -0.4 is 15.8 Å². The van der Waals surface area contributed by atoms with Crippen LogP contribution >= 0.6 is 0 Å². The molecular formula is C11H20N4O. The zero-order chi connectivity index (χ0) is 12.1. The molecule has 0 amide bonds. The first-order valence-corrected chi connectivity index (χ1v) is 5.52. The molecule has 0 saturated carbocycles. The number of hydrogen-bond donors (Lipinski definition) is 2. The van der Waals surface area contributed by atoms with Crippen LogP contribution in [0.2, 0.25) is 0 Å². The fraction of sp³-hybridized carbons (Fsp3) is 0.636. The fourth-order valence-electron chi connectivity index (χ4n) is 1.41. The van der Waals surface area contributed by atoms with Gasteiger partial charge in [0.15, 0.2) is 5.82 Å². The molecule has 1 aromatic heterocycles. The number of rotatable bonds is 5. The van der Waals surface area contributed by atoms with Crippen molar-refractivity contribution in [1.82, 2.24) is 9.97 Å². The molecule has 0 fully saturated rings. The van der Waals surface area contributed by atoms with Crippen molar-refractivity contribution in [2.24, 2.45) is 5.92 Å². The second-order valence-electron chi connectivity index (χ2n) is 4.04. The summed E-state index contributed by atoms with van der Waals surface area (Å²) in [4.78, 5) is 8.66. The summed E-state index contributed by atoms with van der Waals surface area (Å²) in [7, 11) is 1.56. The predicted molar refractivity (Wildman–Crippen MR) is 65.7 cm³/mol. The number of methoxy groups -OCH3 is 1. The standard InChI is InChI=1S/C11H20N4O/c1-5-13-10-9(12)11(16-4)15-8(14-10)6-7(2)3/h7H,5-6,12H2,1-4H3,(H,13,14,15). The molecule has 1 aromatic rings. The SMILES string of the molecule is CCNc1nc(CC(C)C)nc(OC)c1N. The number of nitrogen functional groups attached to an aromatic ring is 1. The van der Waals surface area contributed by atoms with Gasteiger partial charge in [0.05, 0.1) is 7.11 Å². The van der Waals surface area contributed by atoms with Crippen LogP contribution in [0.3, 0.4) is 0 Å². The van der Waals surface area contributed by atoms with Crippen molar-refractivity contribution < 1.29 is 4.74 Å². The molecule has 5 heteroatoms. The van der Waals surface area contributed by atoms with Crippen molar-refractivity contribution in [3.8, 4) is 5.88 Å². The number of nitrogens with zero attached hydrogens (tertiary/aromatic N) is 2. The number of nitrogens with one attached hydrogen (secondary N) is 1. The van der Waals surface area contributed by atoms with E-state index in [0.29, 0.717) is 23.3 Å². The van der Waals surface area contributed by atoms with Gasteiger partial charge in [-0.3, -0.25) is 0 Å². The van der Waals surface area contributed by atoms with Gasteiger partial charge < -0.3 is 15.8 Å². The van der Waals surface area contributed by atoms with Gasteiger partial charge in [0, 0.05) is 13.0 Å². The summed E-state index contributed by atoms with van der Waals surface area (Å²) in [6, 6.07) is 0. The Labute approximate surface area is 96.4 Å². The van der Waals surface area contributed by atoms with Gasteiger partial charge in [0.2, 0.25) is 5.88 Å². The molecule has 0 spiro atoms. The summed E-state index contributed by atoms with van der Waals surface area (Å²) in [6.07, 6.45) is 0.815. The summed E-state index contributed by atoms with van der Waals surface area (Å²) in [5, 5.41) is 3.11. The van der Waals surface area contributed by atoms with Crippen molar-refractivity contribution in [3.63, 3.8) is 0 Å². The highest BCUT2D eigenvalue weighted by molar-refractivity contribution is 5.66. The Kier molecular flexibility index (Phi) is 4.34. The Morgan fingerprint density at radius 1 is 1.38 bits per heavy atom. The Morgan fingerprint density at radius 2 is 2.06 bits per heavy atom. The number of anilines is 2. The van der Waals surface area contributed by atoms with Gasteiger partial charge in [0.1, 0.15) is 11.5 Å². The topological polar surface area (TPSA) is 73.1 Å². The van der Waals surface area contributed by atoms with E-state index in [1.54, 1.807) is 7.11 Å². The van der Waals surface area contributed by atoms with E-state index in [2.05, 4.69) is 29.1 Å². The van der Waals surface area contributed by atoms with Crippen LogP contribution in [0.4, 0.5) is 11.5 Å². The number of hydrogen-bond acceptors (Lipinski definition) is 5. The normalized spacial score (nSPS) is 10.6. The second-order valence-corrected chi connectivity index (χ2v) is 4.04. The Morgan fingerprint density at radius 3 is 2.56 bits per heavy atom. The highest BCUT2D eigenvalue weighted by Gasteiger charge is 2.12. The van der Waals surface area contributed by atoms with E-state index in [0.717, 1.165) is 18.8 Å². The number of nitrogens with two attached hydrogens (primary N) is 1. The van der Waals surface area contributed by atoms with E-state index >= 15 is 0 Å². The first-order chi connectivity index (χ1) is 7.58. The molecule has 0 radical (unpaired) electrons. The largest absolute Gasteiger partial charge is 0.479 e. The number of ether oxygens (including phenoxy) is 1. The molecule has 3 N–H and O–H groups in total. The van der Waals surface area contributed by atoms with E-state index in [1.165, 1.54) is 0 Å². The highest BCUT2D eigenvalue weighted by Crippen LogP contribution is 2.26. The fourth-order valence-corrected chi connectivity index (χ4v) is 1.41. The Balaban J connectivity index is 3.07. The molecule has 90 valence electrons. The monoisotopic (exact) mass is 224 g/mol. The summed E-state index contributed by atoms with van der Waals surface area (Å²) < 4.78 is 5.14. The van der Waals surface area contributed by atoms with Gasteiger partial charge in [-0.2, -0.15) is 4.98 Å². The highest BCUT2D eigenvalue weighted by atomic mass is 16.5. The molecule has 0 atom stereocenters. The average molecular weight is 224 g/mol. The van der Waals surface area contributed by atoms with Crippen LogP contribution in [0.25, 0.3) is 0 Å². The smallest absolute Gasteiger partial charge is 0.242 e. The lowest BCUT2D eigenvalue weighted by molar-refractivity contribution is 0.396. The minimum Gasteiger partial charge on any atom is -0.479 e. The van der Waals surface area contributed by atoms with E-state index in [-0.39, 0.29) is 0 Å². The molecule has 0 bridgehead atoms. The van der Waals surface area contributed by atoms with Crippen LogP contribution in [0, 0.1) is 5.92 Å². The van der Waals surface area contributed by atoms with Crippen molar-refractivity contribution >= 4 is 11.5 Å². The van der Waals surface area contributed by atoms with E-state index in [9.17, 15) is 0 Å². The summed E-state index contributed by atoms with van der Waals surface area (Å²) in [6.45, 7) is 7.01. The molecule has 1 rings (SSSR count). The Bertz CT molecular complexity index is 352. The minimum absolute atomic E-state index is 0.446. The third-order valence-electron chi connectivity index (χ3n) is 2.09. The van der Waals surface area contributed by atoms with Crippen LogP contribution in [0.1, 0.15) is 26.6 Å². The summed E-state index contributed by atoms with van der Waals surface area (Å²) in [5.74, 6) is 2.37. The molecule has 0 saturated heterocycles. The zero-order valence-electron chi connectivity index (χ0n) is 10.4. The molecule has 5 nitrogen and oxygen atoms in total. The molecule has 0 aliphatic heterocycles. The van der Waals surface area contributed by atoms with Gasteiger partial charge in [-0.05, 0) is 12.8 Å². The molecular weight excluding hydrogens is 204 g/mol. The molecule has 0 aromatic carbocycles. The van der Waals surface area contributed by atoms with E-state index < -0.39 is 0 Å². The average Bonchev–Trinajstić information content (AvgIpc) is 2.22. The van der Waals surface area contributed by atoms with Gasteiger partial charge in [-0.15, -0.1) is 0 Å². The third-order valence-corrected chi connectivity index (χ3v) is 2.09. The van der Waals surface area contributed by atoms with Crippen molar-refractivity contribution in [2.75, 3.05) is 24.7 Å². The van der Waals surface area contributed by atoms with Gasteiger partial charge in [-0.25, -0.2) is 4.98 Å². The zero-order valence-corrected chi connectivity index (χ0v) is 10.4. The number of aromatic nitrogens is 2. The lowest BCUT2D eigenvalue weighted by atomic mass is 10.1. The quantitative estimate of drug-likeness (QED) is 0.796. The van der Waals surface area contributed by atoms with Gasteiger partial charge >= 0.3 is 0 Å². The van der Waals surface area contributed by atoms with Crippen LogP contribution in [0.5, 0.6) is 5.88 Å². The van der Waals surface area contributed by atoms with Crippen molar-refractivity contribution in [2.45, 2.75) is 27.2 Å². The first-order valence-electron chi connectivity index (χ1n) is 5.52. The lowest BCUT2D eigenvalue weighted by Crippen LogP contribution is -2.10. The van der Waals surface area contributed by atoms with Gasteiger partial charge in [-0.1, -0.05) is 13.8 Å². The van der Waals surface area contributed by atoms with Crippen molar-refractivity contribution in [3.05, 3.63) is 5.82 Å². The molecule has 0 aliphatic carbocycles. The Hall–Kier alpha value is -1.52. The lowest BCUT2D eigenvalue weighted by Gasteiger charge is -2.12. The molecule has 1 heterocycles. The van der Waals surface area contributed by atoms with E-state index in [1.807, 2.05) is 6.92 Å². The second kappa shape index (κ2) is 5.53. The maximum absolute atomic E-state index is 5.87. The van der Waals surface area contributed by atoms with Gasteiger partial charge in [0.25, 0.3) is 0 Å². The van der Waals surface area contributed by atoms with E-state index in [4.69, 9.17) is 10.5 Å². The van der Waals surface area contributed by atoms with Crippen LogP contribution in [-0.4, -0.2) is 23.6 Å². The summed E-state index contributed by atoms with van der Waals surface area (Å²) >= 11 is 0. The van der Waals surface area contributed by atoms with Crippen LogP contribution in [-0.2, 0) is 6.42 Å². The maximum Gasteiger partial charge on any atom is 0.242 e. The molecule has 0 unspecified atom stereocenters. The van der Waals surface area contributed by atoms with Crippen LogP contribution in [0.15, 0.2) is 0 Å². The third kappa shape index (κ3) is 2.98. The minimum atomic E-state index is 0.446. The van der Waals surface area contributed by atoms with Crippen molar-refractivity contribution in [1.29, 1.82) is 0 Å².